The second-order valence-electron chi connectivity index (χ2n) is 7.81. The minimum atomic E-state index is -0.600. The van der Waals surface area contributed by atoms with E-state index in [0.717, 1.165) is 45.3 Å². The van der Waals surface area contributed by atoms with Crippen molar-refractivity contribution in [1.82, 2.24) is 9.80 Å². The molecule has 29 heavy (non-hydrogen) atoms. The summed E-state index contributed by atoms with van der Waals surface area (Å²) in [5.74, 6) is -0.00451. The van der Waals surface area contributed by atoms with Crippen LogP contribution < -0.4 is 10.5 Å². The number of carbonyl (C=O) groups is 2. The third-order valence-electron chi connectivity index (χ3n) is 5.84. The van der Waals surface area contributed by atoms with Crippen LogP contribution in [0, 0.1) is 0 Å². The zero-order chi connectivity index (χ0) is 20.8. The van der Waals surface area contributed by atoms with Crippen LogP contribution in [0.3, 0.4) is 0 Å². The summed E-state index contributed by atoms with van der Waals surface area (Å²) in [6.45, 7) is 3.46. The molecule has 3 N–H and O–H groups in total. The van der Waals surface area contributed by atoms with Gasteiger partial charge in [-0.3, -0.25) is 9.69 Å². The van der Waals surface area contributed by atoms with Crippen LogP contribution in [0.2, 0.25) is 0 Å². The first-order valence-electron chi connectivity index (χ1n) is 10.2. The van der Waals surface area contributed by atoms with Crippen molar-refractivity contribution in [3.8, 4) is 5.75 Å². The van der Waals surface area contributed by atoms with Crippen LogP contribution in [0.4, 0.5) is 0 Å². The number of hydrogen-bond acceptors (Lipinski definition) is 7. The van der Waals surface area contributed by atoms with Gasteiger partial charge in [0, 0.05) is 12.6 Å². The Morgan fingerprint density at radius 3 is 2.48 bits per heavy atom. The van der Waals surface area contributed by atoms with Gasteiger partial charge in [0.1, 0.15) is 18.5 Å². The van der Waals surface area contributed by atoms with Crippen molar-refractivity contribution in [2.45, 2.75) is 43.9 Å². The Bertz CT molecular complexity index is 688. The first-order chi connectivity index (χ1) is 14.0. The highest BCUT2D eigenvalue weighted by Crippen LogP contribution is 2.26. The molecule has 0 spiro atoms. The average molecular weight is 405 g/mol. The highest BCUT2D eigenvalue weighted by atomic mass is 16.5. The molecular weight excluding hydrogens is 374 g/mol. The third kappa shape index (κ3) is 5.68. The molecule has 3 rings (SSSR count). The SMILES string of the molecule is COC(=O)c1ccc(OCC(O)CN2CCC(N3CCCC3C(N)=O)CC2)cc1. The van der Waals surface area contributed by atoms with Gasteiger partial charge in [-0.25, -0.2) is 4.79 Å². The largest absolute Gasteiger partial charge is 0.491 e. The number of benzene rings is 1. The second kappa shape index (κ2) is 10.0. The molecule has 2 fully saturated rings. The number of piperidine rings is 1. The number of primary amides is 1. The lowest BCUT2D eigenvalue weighted by Crippen LogP contribution is -2.51. The fourth-order valence-electron chi connectivity index (χ4n) is 4.31. The smallest absolute Gasteiger partial charge is 0.337 e. The van der Waals surface area contributed by atoms with Crippen molar-refractivity contribution in [3.63, 3.8) is 0 Å². The first kappa shape index (κ1) is 21.5. The van der Waals surface area contributed by atoms with Gasteiger partial charge in [0.2, 0.25) is 5.91 Å². The predicted molar refractivity (Wildman–Crippen MR) is 108 cm³/mol. The summed E-state index contributed by atoms with van der Waals surface area (Å²) in [6.07, 6.45) is 3.26. The molecule has 160 valence electrons. The number of aliphatic hydroxyl groups excluding tert-OH is 1. The van der Waals surface area contributed by atoms with Crippen molar-refractivity contribution in [2.24, 2.45) is 5.73 Å². The van der Waals surface area contributed by atoms with Gasteiger partial charge in [0.05, 0.1) is 18.7 Å². The summed E-state index contributed by atoms with van der Waals surface area (Å²) < 4.78 is 10.3. The van der Waals surface area contributed by atoms with Crippen LogP contribution >= 0.6 is 0 Å². The number of methoxy groups -OCH3 is 1. The molecule has 2 saturated heterocycles. The molecule has 0 bridgehead atoms. The highest BCUT2D eigenvalue weighted by molar-refractivity contribution is 5.89. The molecule has 2 heterocycles. The Labute approximate surface area is 171 Å². The van der Waals surface area contributed by atoms with E-state index in [1.54, 1.807) is 24.3 Å². The number of rotatable bonds is 8. The number of ether oxygens (including phenoxy) is 2. The fourth-order valence-corrected chi connectivity index (χ4v) is 4.31. The van der Waals surface area contributed by atoms with Crippen molar-refractivity contribution in [2.75, 3.05) is 39.9 Å². The molecule has 0 aromatic heterocycles. The second-order valence-corrected chi connectivity index (χ2v) is 7.81. The number of amides is 1. The number of aliphatic hydroxyl groups is 1. The van der Waals surface area contributed by atoms with Gasteiger partial charge in [0.25, 0.3) is 0 Å². The van der Waals surface area contributed by atoms with E-state index in [-0.39, 0.29) is 18.6 Å². The number of hydrogen-bond donors (Lipinski definition) is 2. The minimum Gasteiger partial charge on any atom is -0.491 e. The number of likely N-dealkylation sites (tertiary alicyclic amines) is 2. The lowest BCUT2D eigenvalue weighted by Gasteiger charge is -2.39. The molecule has 8 heteroatoms. The molecule has 0 saturated carbocycles. The van der Waals surface area contributed by atoms with Crippen molar-refractivity contribution >= 4 is 11.9 Å². The Morgan fingerprint density at radius 2 is 1.86 bits per heavy atom. The van der Waals surface area contributed by atoms with Gasteiger partial charge in [-0.15, -0.1) is 0 Å². The molecular formula is C21H31N3O5. The molecule has 0 aliphatic carbocycles. The summed E-state index contributed by atoms with van der Waals surface area (Å²) in [7, 11) is 1.34. The monoisotopic (exact) mass is 405 g/mol. The maximum Gasteiger partial charge on any atom is 0.337 e. The van der Waals surface area contributed by atoms with Crippen molar-refractivity contribution in [3.05, 3.63) is 29.8 Å². The van der Waals surface area contributed by atoms with E-state index in [4.69, 9.17) is 10.5 Å². The quantitative estimate of drug-likeness (QED) is 0.611. The standard InChI is InChI=1S/C21H31N3O5/c1-28-21(27)15-4-6-18(7-5-15)29-14-17(25)13-23-11-8-16(9-12-23)24-10-2-3-19(24)20(22)26/h4-7,16-17,19,25H,2-3,8-14H2,1H3,(H2,22,26). The lowest BCUT2D eigenvalue weighted by atomic mass is 10.0. The van der Waals surface area contributed by atoms with Crippen LogP contribution in [-0.4, -0.2) is 84.9 Å². The normalized spacial score (nSPS) is 22.3. The maximum absolute atomic E-state index is 11.6. The third-order valence-corrected chi connectivity index (χ3v) is 5.84. The molecule has 2 aliphatic heterocycles. The predicted octanol–water partition coefficient (Wildman–Crippen LogP) is 0.627. The molecule has 2 atom stereocenters. The van der Waals surface area contributed by atoms with E-state index in [9.17, 15) is 14.7 Å². The molecule has 0 radical (unpaired) electrons. The zero-order valence-corrected chi connectivity index (χ0v) is 17.0. The number of carbonyl (C=O) groups excluding carboxylic acids is 2. The van der Waals surface area contributed by atoms with Crippen LogP contribution in [-0.2, 0) is 9.53 Å². The van der Waals surface area contributed by atoms with Crippen LogP contribution in [0.1, 0.15) is 36.0 Å². The summed E-state index contributed by atoms with van der Waals surface area (Å²) in [5, 5.41) is 10.3. The Morgan fingerprint density at radius 1 is 1.17 bits per heavy atom. The van der Waals surface area contributed by atoms with E-state index in [0.29, 0.717) is 23.9 Å². The van der Waals surface area contributed by atoms with Crippen LogP contribution in [0.25, 0.3) is 0 Å². The molecule has 2 aliphatic rings. The Kier molecular flexibility index (Phi) is 7.46. The van der Waals surface area contributed by atoms with Gasteiger partial charge >= 0.3 is 5.97 Å². The van der Waals surface area contributed by atoms with Gasteiger partial charge in [-0.1, -0.05) is 0 Å². The topological polar surface area (TPSA) is 105 Å². The summed E-state index contributed by atoms with van der Waals surface area (Å²) in [5.41, 5.74) is 6.00. The van der Waals surface area contributed by atoms with E-state index in [1.807, 2.05) is 0 Å². The molecule has 1 aromatic rings. The van der Waals surface area contributed by atoms with Gasteiger partial charge in [0.15, 0.2) is 0 Å². The van der Waals surface area contributed by atoms with Crippen LogP contribution in [0.15, 0.2) is 24.3 Å². The first-order valence-corrected chi connectivity index (χ1v) is 10.2. The van der Waals surface area contributed by atoms with Crippen molar-refractivity contribution in [1.29, 1.82) is 0 Å². The molecule has 1 amide bonds. The average Bonchev–Trinajstić information content (AvgIpc) is 3.23. The molecule has 8 nitrogen and oxygen atoms in total. The van der Waals surface area contributed by atoms with Gasteiger partial charge in [-0.2, -0.15) is 0 Å². The van der Waals surface area contributed by atoms with E-state index in [2.05, 4.69) is 14.5 Å². The van der Waals surface area contributed by atoms with Gasteiger partial charge in [-0.05, 0) is 69.6 Å². The summed E-state index contributed by atoms with van der Waals surface area (Å²) in [4.78, 5) is 27.6. The number of β-amino-alcohol motifs (C(OH)–C–C–N with tert-alkyl or cyclic N) is 1. The van der Waals surface area contributed by atoms with E-state index < -0.39 is 12.1 Å². The number of nitrogens with zero attached hydrogens (tertiary/aromatic N) is 2. The minimum absolute atomic E-state index is 0.115. The zero-order valence-electron chi connectivity index (χ0n) is 17.0. The highest BCUT2D eigenvalue weighted by Gasteiger charge is 2.35. The number of nitrogens with two attached hydrogens (primary N) is 1. The maximum atomic E-state index is 11.6. The lowest BCUT2D eigenvalue weighted by molar-refractivity contribution is -0.123. The Hall–Kier alpha value is -2.16. The fraction of sp³-hybridized carbons (Fsp3) is 0.619. The van der Waals surface area contributed by atoms with Crippen molar-refractivity contribution < 1.29 is 24.2 Å². The summed E-state index contributed by atoms with van der Waals surface area (Å²) >= 11 is 0. The van der Waals surface area contributed by atoms with Crippen LogP contribution in [0.5, 0.6) is 5.75 Å². The van der Waals surface area contributed by atoms with Gasteiger partial charge < -0.3 is 25.2 Å². The number of esters is 1. The van der Waals surface area contributed by atoms with E-state index in [1.165, 1.54) is 7.11 Å². The van der Waals surface area contributed by atoms with E-state index >= 15 is 0 Å². The summed E-state index contributed by atoms with van der Waals surface area (Å²) in [6, 6.07) is 6.93. The molecule has 1 aromatic carbocycles. The Balaban J connectivity index is 1.39. The molecule has 2 unspecified atom stereocenters.